The highest BCUT2D eigenvalue weighted by Crippen LogP contribution is 2.20. The maximum absolute atomic E-state index is 12.5. The van der Waals surface area contributed by atoms with Crippen molar-refractivity contribution >= 4 is 0 Å². The van der Waals surface area contributed by atoms with E-state index in [1.807, 2.05) is 11.6 Å². The Labute approximate surface area is 109 Å². The molecule has 0 atom stereocenters. The van der Waals surface area contributed by atoms with Crippen LogP contribution in [0.5, 0.6) is 0 Å². The molecule has 1 aliphatic heterocycles. The molecular weight excluding hydrogens is 226 g/mol. The average Bonchev–Trinajstić information content (AvgIpc) is 2.30. The zero-order valence-electron chi connectivity index (χ0n) is 11.8. The van der Waals surface area contributed by atoms with Gasteiger partial charge in [-0.1, -0.05) is 0 Å². The maximum Gasteiger partial charge on any atom is 0.255 e. The van der Waals surface area contributed by atoms with Crippen LogP contribution in [-0.4, -0.2) is 30.1 Å². The molecule has 100 valence electrons. The lowest BCUT2D eigenvalue weighted by molar-refractivity contribution is 0.301. The van der Waals surface area contributed by atoms with E-state index in [0.717, 1.165) is 25.1 Å². The molecule has 0 saturated heterocycles. The van der Waals surface area contributed by atoms with Crippen molar-refractivity contribution in [2.45, 2.75) is 39.4 Å². The molecule has 0 amide bonds. The quantitative estimate of drug-likeness (QED) is 0.873. The van der Waals surface area contributed by atoms with Gasteiger partial charge in [-0.15, -0.1) is 0 Å². The number of pyridine rings is 1. The van der Waals surface area contributed by atoms with E-state index in [2.05, 4.69) is 37.2 Å². The molecule has 1 N–H and O–H groups in total. The first-order chi connectivity index (χ1) is 8.54. The molecule has 0 fully saturated rings. The molecular formula is C14H23N3O. The van der Waals surface area contributed by atoms with E-state index < -0.39 is 0 Å². The van der Waals surface area contributed by atoms with Crippen LogP contribution in [0.3, 0.4) is 0 Å². The normalized spacial score (nSPS) is 16.1. The molecule has 0 aliphatic carbocycles. The Morgan fingerprint density at radius 1 is 1.44 bits per heavy atom. The van der Waals surface area contributed by atoms with Crippen molar-refractivity contribution in [3.8, 4) is 0 Å². The van der Waals surface area contributed by atoms with E-state index >= 15 is 0 Å². The Morgan fingerprint density at radius 3 is 2.78 bits per heavy atom. The van der Waals surface area contributed by atoms with Gasteiger partial charge in [0.15, 0.2) is 0 Å². The lowest BCUT2D eigenvalue weighted by atomic mass is 10.0. The fourth-order valence-corrected chi connectivity index (χ4v) is 2.74. The highest BCUT2D eigenvalue weighted by molar-refractivity contribution is 5.29. The Balaban J connectivity index is 2.59. The van der Waals surface area contributed by atoms with E-state index in [0.29, 0.717) is 6.54 Å². The summed E-state index contributed by atoms with van der Waals surface area (Å²) in [6.45, 7) is 6.79. The van der Waals surface area contributed by atoms with Crippen molar-refractivity contribution in [1.82, 2.24) is 14.8 Å². The lowest BCUT2D eigenvalue weighted by Crippen LogP contribution is -2.36. The van der Waals surface area contributed by atoms with Crippen LogP contribution in [0.4, 0.5) is 0 Å². The number of nitrogens with one attached hydrogen (secondary N) is 1. The SMILES string of the molecule is CNCc1cc2c(n(C(C)C)c1=O)CCN(C)C2. The second kappa shape index (κ2) is 5.24. The maximum atomic E-state index is 12.5. The highest BCUT2D eigenvalue weighted by Gasteiger charge is 2.20. The summed E-state index contributed by atoms with van der Waals surface area (Å²) in [5, 5.41) is 3.08. The Kier molecular flexibility index (Phi) is 3.88. The molecule has 0 spiro atoms. The van der Waals surface area contributed by atoms with Gasteiger partial charge >= 0.3 is 0 Å². The summed E-state index contributed by atoms with van der Waals surface area (Å²) in [5.41, 5.74) is 3.58. The van der Waals surface area contributed by atoms with Crippen LogP contribution in [0.2, 0.25) is 0 Å². The molecule has 2 rings (SSSR count). The van der Waals surface area contributed by atoms with Crippen LogP contribution in [-0.2, 0) is 19.5 Å². The molecule has 0 unspecified atom stereocenters. The average molecular weight is 249 g/mol. The van der Waals surface area contributed by atoms with Crippen molar-refractivity contribution in [2.75, 3.05) is 20.6 Å². The van der Waals surface area contributed by atoms with Crippen molar-refractivity contribution in [3.05, 3.63) is 33.2 Å². The topological polar surface area (TPSA) is 37.3 Å². The fourth-order valence-electron chi connectivity index (χ4n) is 2.74. The molecule has 2 heterocycles. The zero-order chi connectivity index (χ0) is 13.3. The van der Waals surface area contributed by atoms with Gasteiger partial charge in [-0.25, -0.2) is 0 Å². The van der Waals surface area contributed by atoms with Gasteiger partial charge in [0.2, 0.25) is 0 Å². The molecule has 0 radical (unpaired) electrons. The van der Waals surface area contributed by atoms with Gasteiger partial charge in [-0.05, 0) is 39.6 Å². The number of nitrogens with zero attached hydrogens (tertiary/aromatic N) is 2. The van der Waals surface area contributed by atoms with Gasteiger partial charge in [-0.2, -0.15) is 0 Å². The van der Waals surface area contributed by atoms with E-state index in [1.165, 1.54) is 11.3 Å². The fraction of sp³-hybridized carbons (Fsp3) is 0.643. The summed E-state index contributed by atoms with van der Waals surface area (Å²) in [6, 6.07) is 2.31. The second-order valence-electron chi connectivity index (χ2n) is 5.43. The first-order valence-corrected chi connectivity index (χ1v) is 6.64. The van der Waals surface area contributed by atoms with Crippen LogP contribution in [0.15, 0.2) is 10.9 Å². The third kappa shape index (κ3) is 2.35. The molecule has 4 nitrogen and oxygen atoms in total. The minimum Gasteiger partial charge on any atom is -0.315 e. The van der Waals surface area contributed by atoms with E-state index in [4.69, 9.17) is 0 Å². The van der Waals surface area contributed by atoms with E-state index in [9.17, 15) is 4.79 Å². The predicted molar refractivity (Wildman–Crippen MR) is 73.9 cm³/mol. The van der Waals surface area contributed by atoms with Gasteiger partial charge in [0.25, 0.3) is 5.56 Å². The van der Waals surface area contributed by atoms with Gasteiger partial charge in [-0.3, -0.25) is 4.79 Å². The summed E-state index contributed by atoms with van der Waals surface area (Å²) < 4.78 is 1.98. The van der Waals surface area contributed by atoms with Gasteiger partial charge < -0.3 is 14.8 Å². The smallest absolute Gasteiger partial charge is 0.255 e. The third-order valence-corrected chi connectivity index (χ3v) is 3.56. The summed E-state index contributed by atoms with van der Waals surface area (Å²) in [6.07, 6.45) is 0.971. The van der Waals surface area contributed by atoms with Crippen LogP contribution in [0, 0.1) is 0 Å². The third-order valence-electron chi connectivity index (χ3n) is 3.56. The summed E-state index contributed by atoms with van der Waals surface area (Å²) in [4.78, 5) is 14.8. The van der Waals surface area contributed by atoms with E-state index in [-0.39, 0.29) is 11.6 Å². The number of hydrogen-bond acceptors (Lipinski definition) is 3. The standard InChI is InChI=1S/C14H23N3O/c1-10(2)17-13-5-6-16(4)9-12(13)7-11(8-15-3)14(17)18/h7,10,15H,5-6,8-9H2,1-4H3. The predicted octanol–water partition coefficient (Wildman–Crippen LogP) is 1.14. The molecule has 0 saturated carbocycles. The number of aromatic nitrogens is 1. The summed E-state index contributed by atoms with van der Waals surface area (Å²) >= 11 is 0. The largest absolute Gasteiger partial charge is 0.315 e. The number of likely N-dealkylation sites (N-methyl/N-ethyl adjacent to an activating group) is 1. The molecule has 1 aliphatic rings. The second-order valence-corrected chi connectivity index (χ2v) is 5.43. The molecule has 1 aromatic rings. The van der Waals surface area contributed by atoms with Crippen molar-refractivity contribution in [2.24, 2.45) is 0 Å². The number of fused-ring (bicyclic) bond motifs is 1. The van der Waals surface area contributed by atoms with Crippen LogP contribution >= 0.6 is 0 Å². The van der Waals surface area contributed by atoms with Gasteiger partial charge in [0.05, 0.1) is 0 Å². The summed E-state index contributed by atoms with van der Waals surface area (Å²) in [5.74, 6) is 0. The lowest BCUT2D eigenvalue weighted by Gasteiger charge is -2.29. The van der Waals surface area contributed by atoms with Crippen molar-refractivity contribution < 1.29 is 0 Å². The monoisotopic (exact) mass is 249 g/mol. The molecule has 0 aromatic carbocycles. The minimum absolute atomic E-state index is 0.169. The van der Waals surface area contributed by atoms with Crippen molar-refractivity contribution in [1.29, 1.82) is 0 Å². The zero-order valence-corrected chi connectivity index (χ0v) is 11.8. The molecule has 1 aromatic heterocycles. The first-order valence-electron chi connectivity index (χ1n) is 6.64. The number of rotatable bonds is 3. The van der Waals surface area contributed by atoms with Crippen LogP contribution in [0.25, 0.3) is 0 Å². The first kappa shape index (κ1) is 13.3. The van der Waals surface area contributed by atoms with Gasteiger partial charge in [0, 0.05) is 43.4 Å². The summed E-state index contributed by atoms with van der Waals surface area (Å²) in [7, 11) is 4.01. The van der Waals surface area contributed by atoms with Gasteiger partial charge in [0.1, 0.15) is 0 Å². The Hall–Kier alpha value is -1.13. The minimum atomic E-state index is 0.169. The Bertz CT molecular complexity index is 491. The highest BCUT2D eigenvalue weighted by atomic mass is 16.1. The molecule has 4 heteroatoms. The number of hydrogen-bond donors (Lipinski definition) is 1. The van der Waals surface area contributed by atoms with Crippen LogP contribution in [0.1, 0.15) is 36.7 Å². The van der Waals surface area contributed by atoms with E-state index in [1.54, 1.807) is 0 Å². The van der Waals surface area contributed by atoms with Crippen molar-refractivity contribution in [3.63, 3.8) is 0 Å². The molecule has 0 bridgehead atoms. The van der Waals surface area contributed by atoms with Crippen LogP contribution < -0.4 is 10.9 Å². The Morgan fingerprint density at radius 2 is 2.17 bits per heavy atom. The molecule has 18 heavy (non-hydrogen) atoms.